The van der Waals surface area contributed by atoms with Crippen LogP contribution in [0.4, 0.5) is 0 Å². The van der Waals surface area contributed by atoms with Crippen LogP contribution in [0.1, 0.15) is 26.2 Å². The molecule has 0 spiro atoms. The second-order valence-corrected chi connectivity index (χ2v) is 7.04. The first-order chi connectivity index (χ1) is 7.84. The van der Waals surface area contributed by atoms with E-state index in [4.69, 9.17) is 0 Å². The molecule has 84 valence electrons. The summed E-state index contributed by atoms with van der Waals surface area (Å²) in [5, 5.41) is 0. The van der Waals surface area contributed by atoms with E-state index in [9.17, 15) is 0 Å². The highest BCUT2D eigenvalue weighted by molar-refractivity contribution is 5.29. The van der Waals surface area contributed by atoms with Crippen LogP contribution >= 0.6 is 0 Å². The Hall–Kier alpha value is -0.520. The Morgan fingerprint density at radius 2 is 2.00 bits per heavy atom. The summed E-state index contributed by atoms with van der Waals surface area (Å²) in [4.78, 5) is 0. The third kappa shape index (κ3) is 0.734. The lowest BCUT2D eigenvalue weighted by atomic mass is 9.65. The van der Waals surface area contributed by atoms with E-state index in [0.717, 1.165) is 47.3 Å². The summed E-state index contributed by atoms with van der Waals surface area (Å²) in [5.41, 5.74) is 1.75. The molecule has 8 unspecified atom stereocenters. The van der Waals surface area contributed by atoms with Gasteiger partial charge in [-0.05, 0) is 73.5 Å². The maximum Gasteiger partial charge on any atom is -0.0166 e. The van der Waals surface area contributed by atoms with E-state index in [-0.39, 0.29) is 0 Å². The van der Waals surface area contributed by atoms with E-state index >= 15 is 0 Å². The lowest BCUT2D eigenvalue weighted by Gasteiger charge is -2.40. The summed E-state index contributed by atoms with van der Waals surface area (Å²) in [6, 6.07) is 0. The zero-order valence-corrected chi connectivity index (χ0v) is 9.97. The lowest BCUT2D eigenvalue weighted by molar-refractivity contribution is 0.118. The molecule has 5 aliphatic carbocycles. The number of rotatable bonds is 0. The number of hydrogen-bond acceptors (Lipinski definition) is 0. The second kappa shape index (κ2) is 2.49. The molecule has 3 saturated carbocycles. The molecular formula is C16H20. The zero-order valence-electron chi connectivity index (χ0n) is 9.97. The highest BCUT2D eigenvalue weighted by Crippen LogP contribution is 2.71. The maximum atomic E-state index is 2.64. The molecule has 0 saturated heterocycles. The van der Waals surface area contributed by atoms with Gasteiger partial charge < -0.3 is 0 Å². The average molecular weight is 212 g/mol. The quantitative estimate of drug-likeness (QED) is 0.424. The summed E-state index contributed by atoms with van der Waals surface area (Å²) >= 11 is 0. The van der Waals surface area contributed by atoms with Crippen LogP contribution in [0.15, 0.2) is 23.8 Å². The Labute approximate surface area is 97.8 Å². The second-order valence-electron chi connectivity index (χ2n) is 7.04. The molecule has 0 aromatic rings. The van der Waals surface area contributed by atoms with Gasteiger partial charge in [0.25, 0.3) is 0 Å². The van der Waals surface area contributed by atoms with E-state index in [2.05, 4.69) is 25.2 Å². The molecule has 0 heterocycles. The minimum atomic E-state index is 0.992. The van der Waals surface area contributed by atoms with Crippen molar-refractivity contribution in [3.05, 3.63) is 23.8 Å². The van der Waals surface area contributed by atoms with Gasteiger partial charge in [0.15, 0.2) is 0 Å². The van der Waals surface area contributed by atoms with Crippen molar-refractivity contribution in [2.45, 2.75) is 26.2 Å². The van der Waals surface area contributed by atoms with Gasteiger partial charge in [0.1, 0.15) is 0 Å². The van der Waals surface area contributed by atoms with Gasteiger partial charge >= 0.3 is 0 Å². The Morgan fingerprint density at radius 3 is 2.94 bits per heavy atom. The number of allylic oxidation sites excluding steroid dienone is 4. The van der Waals surface area contributed by atoms with E-state index in [1.165, 1.54) is 12.8 Å². The van der Waals surface area contributed by atoms with Gasteiger partial charge in [-0.15, -0.1) is 0 Å². The zero-order chi connectivity index (χ0) is 10.4. The average Bonchev–Trinajstić information content (AvgIpc) is 2.99. The van der Waals surface area contributed by atoms with Gasteiger partial charge in [0, 0.05) is 0 Å². The molecule has 3 fully saturated rings. The van der Waals surface area contributed by atoms with Gasteiger partial charge in [-0.1, -0.05) is 23.8 Å². The van der Waals surface area contributed by atoms with Crippen LogP contribution in [-0.4, -0.2) is 0 Å². The van der Waals surface area contributed by atoms with Crippen molar-refractivity contribution in [3.8, 4) is 0 Å². The molecule has 0 heteroatoms. The van der Waals surface area contributed by atoms with Gasteiger partial charge in [-0.2, -0.15) is 0 Å². The molecule has 0 nitrogen and oxygen atoms in total. The normalized spacial score (nSPS) is 63.9. The Bertz CT molecular complexity index is 416. The lowest BCUT2D eigenvalue weighted by Crippen LogP contribution is -2.35. The van der Waals surface area contributed by atoms with Crippen LogP contribution in [0.25, 0.3) is 0 Å². The van der Waals surface area contributed by atoms with Crippen molar-refractivity contribution >= 4 is 0 Å². The topological polar surface area (TPSA) is 0 Å². The molecular weight excluding hydrogens is 192 g/mol. The Balaban J connectivity index is 1.62. The van der Waals surface area contributed by atoms with Gasteiger partial charge in [0.05, 0.1) is 0 Å². The van der Waals surface area contributed by atoms with Crippen molar-refractivity contribution in [3.63, 3.8) is 0 Å². The summed E-state index contributed by atoms with van der Waals surface area (Å²) in [5.74, 6) is 8.46. The largest absolute Gasteiger partial charge is 0.0879 e. The fourth-order valence-corrected chi connectivity index (χ4v) is 6.59. The van der Waals surface area contributed by atoms with Crippen molar-refractivity contribution < 1.29 is 0 Å². The maximum absolute atomic E-state index is 2.64. The van der Waals surface area contributed by atoms with Gasteiger partial charge in [-0.3, -0.25) is 0 Å². The monoisotopic (exact) mass is 212 g/mol. The molecule has 0 aromatic heterocycles. The van der Waals surface area contributed by atoms with Crippen LogP contribution in [0.3, 0.4) is 0 Å². The predicted molar refractivity (Wildman–Crippen MR) is 64.7 cm³/mol. The molecule has 4 bridgehead atoms. The first kappa shape index (κ1) is 8.55. The molecule has 0 N–H and O–H groups in total. The highest BCUT2D eigenvalue weighted by Gasteiger charge is 2.64. The van der Waals surface area contributed by atoms with Crippen molar-refractivity contribution in [1.29, 1.82) is 0 Å². The summed E-state index contributed by atoms with van der Waals surface area (Å²) in [6.45, 7) is 2.40. The van der Waals surface area contributed by atoms with Crippen LogP contribution < -0.4 is 0 Å². The third-order valence-electron chi connectivity index (χ3n) is 6.83. The van der Waals surface area contributed by atoms with Gasteiger partial charge in [0.2, 0.25) is 0 Å². The standard InChI is InChI=1S/C16H20/c1-8-5-9-6-12(8)16-14-7-13(15(9)16)10-3-2-4-11(10)14/h2,4-5,9-16H,3,6-7H2,1H3. The van der Waals surface area contributed by atoms with E-state index in [1.807, 2.05) is 0 Å². The predicted octanol–water partition coefficient (Wildman–Crippen LogP) is 3.66. The van der Waals surface area contributed by atoms with Crippen molar-refractivity contribution in [1.82, 2.24) is 0 Å². The van der Waals surface area contributed by atoms with Crippen LogP contribution in [0.2, 0.25) is 0 Å². The molecule has 0 radical (unpaired) electrons. The van der Waals surface area contributed by atoms with Crippen LogP contribution in [-0.2, 0) is 0 Å². The van der Waals surface area contributed by atoms with E-state index < -0.39 is 0 Å². The minimum Gasteiger partial charge on any atom is -0.0879 e. The van der Waals surface area contributed by atoms with Crippen LogP contribution in [0.5, 0.6) is 0 Å². The summed E-state index contributed by atoms with van der Waals surface area (Å²) in [7, 11) is 0. The smallest absolute Gasteiger partial charge is 0.0166 e. The summed E-state index contributed by atoms with van der Waals surface area (Å²) < 4.78 is 0. The van der Waals surface area contributed by atoms with Crippen molar-refractivity contribution in [2.75, 3.05) is 0 Å². The number of fused-ring (bicyclic) bond motifs is 12. The molecule has 5 aliphatic rings. The van der Waals surface area contributed by atoms with Gasteiger partial charge in [-0.25, -0.2) is 0 Å². The summed E-state index contributed by atoms with van der Waals surface area (Å²) in [6.07, 6.45) is 12.2. The van der Waals surface area contributed by atoms with E-state index in [0.29, 0.717) is 0 Å². The minimum absolute atomic E-state index is 0.992. The molecule has 0 aliphatic heterocycles. The molecule has 16 heavy (non-hydrogen) atoms. The number of hydrogen-bond donors (Lipinski definition) is 0. The SMILES string of the molecule is CC1=CC2CC1C1C3CC(C4CC=CC43)C21. The van der Waals surface area contributed by atoms with Crippen molar-refractivity contribution in [2.24, 2.45) is 47.3 Å². The first-order valence-corrected chi connectivity index (χ1v) is 7.19. The third-order valence-corrected chi connectivity index (χ3v) is 6.83. The first-order valence-electron chi connectivity index (χ1n) is 7.19. The Morgan fingerprint density at radius 1 is 1.06 bits per heavy atom. The van der Waals surface area contributed by atoms with Crippen LogP contribution in [0, 0.1) is 47.3 Å². The highest BCUT2D eigenvalue weighted by atomic mass is 14.7. The molecule has 0 aromatic carbocycles. The molecule has 0 amide bonds. The molecule has 8 atom stereocenters. The van der Waals surface area contributed by atoms with E-state index in [1.54, 1.807) is 12.0 Å². The fraction of sp³-hybridized carbons (Fsp3) is 0.750. The Kier molecular flexibility index (Phi) is 1.33. The molecule has 5 rings (SSSR count). The fourth-order valence-electron chi connectivity index (χ4n) is 6.59.